The number of aromatic nitrogens is 1. The average molecular weight is 342 g/mol. The van der Waals surface area contributed by atoms with Crippen LogP contribution >= 0.6 is 0 Å². The highest BCUT2D eigenvalue weighted by Crippen LogP contribution is 2.30. The van der Waals surface area contributed by atoms with Crippen LogP contribution in [0.4, 0.5) is 0 Å². The standard InChI is InChI=1S/C19H22N2O4/c1-24-11-5-10-20-17(22)12-25-19(23)18-13-6-2-3-8-15(13)21-16-9-4-7-14(16)18/h2-3,6,8H,4-5,7,9-12H2,1H3,(H,20,22). The highest BCUT2D eigenvalue weighted by atomic mass is 16.5. The van der Waals surface area contributed by atoms with Gasteiger partial charge in [0.1, 0.15) is 0 Å². The van der Waals surface area contributed by atoms with Crippen LogP contribution in [0.5, 0.6) is 0 Å². The molecule has 0 bridgehead atoms. The minimum Gasteiger partial charge on any atom is -0.452 e. The zero-order valence-corrected chi connectivity index (χ0v) is 14.3. The van der Waals surface area contributed by atoms with Crippen LogP contribution in [-0.4, -0.2) is 43.7 Å². The Hall–Kier alpha value is -2.47. The smallest absolute Gasteiger partial charge is 0.339 e. The minimum absolute atomic E-state index is 0.281. The third kappa shape index (κ3) is 3.96. The normalized spacial score (nSPS) is 12.8. The molecule has 1 aromatic carbocycles. The molecule has 0 atom stereocenters. The molecule has 6 heteroatoms. The molecule has 6 nitrogen and oxygen atoms in total. The molecule has 0 radical (unpaired) electrons. The van der Waals surface area contributed by atoms with E-state index in [4.69, 9.17) is 9.47 Å². The van der Waals surface area contributed by atoms with Crippen LogP contribution in [0.15, 0.2) is 24.3 Å². The van der Waals surface area contributed by atoms with Crippen LogP contribution in [0, 0.1) is 0 Å². The summed E-state index contributed by atoms with van der Waals surface area (Å²) >= 11 is 0. The van der Waals surface area contributed by atoms with Gasteiger partial charge in [-0.2, -0.15) is 0 Å². The Balaban J connectivity index is 1.71. The van der Waals surface area contributed by atoms with Gasteiger partial charge in [-0.3, -0.25) is 9.78 Å². The second kappa shape index (κ2) is 8.07. The molecule has 0 saturated heterocycles. The highest BCUT2D eigenvalue weighted by Gasteiger charge is 2.25. The van der Waals surface area contributed by atoms with Gasteiger partial charge >= 0.3 is 5.97 Å². The molecule has 25 heavy (non-hydrogen) atoms. The summed E-state index contributed by atoms with van der Waals surface area (Å²) in [6.45, 7) is 0.796. The first-order valence-corrected chi connectivity index (χ1v) is 8.54. The van der Waals surface area contributed by atoms with Crippen molar-refractivity contribution < 1.29 is 19.1 Å². The van der Waals surface area contributed by atoms with Crippen LogP contribution in [0.25, 0.3) is 10.9 Å². The molecule has 3 rings (SSSR count). The number of para-hydroxylation sites is 1. The fraction of sp³-hybridized carbons (Fsp3) is 0.421. The lowest BCUT2D eigenvalue weighted by Crippen LogP contribution is -2.30. The number of fused-ring (bicyclic) bond motifs is 2. The number of pyridine rings is 1. The Labute approximate surface area is 146 Å². The van der Waals surface area contributed by atoms with Gasteiger partial charge in [-0.1, -0.05) is 18.2 Å². The third-order valence-corrected chi connectivity index (χ3v) is 4.31. The van der Waals surface area contributed by atoms with Crippen molar-refractivity contribution >= 4 is 22.8 Å². The highest BCUT2D eigenvalue weighted by molar-refractivity contribution is 6.05. The molecule has 1 heterocycles. The average Bonchev–Trinajstić information content (AvgIpc) is 3.09. The largest absolute Gasteiger partial charge is 0.452 e. The SMILES string of the molecule is COCCCNC(=O)COC(=O)c1c2c(nc3ccccc13)CCC2. The van der Waals surface area contributed by atoms with Crippen molar-refractivity contribution in [3.05, 3.63) is 41.1 Å². The van der Waals surface area contributed by atoms with E-state index in [0.29, 0.717) is 18.7 Å². The van der Waals surface area contributed by atoms with E-state index >= 15 is 0 Å². The van der Waals surface area contributed by atoms with Crippen molar-refractivity contribution in [3.63, 3.8) is 0 Å². The summed E-state index contributed by atoms with van der Waals surface area (Å²) in [4.78, 5) is 29.1. The molecule has 0 fully saturated rings. The quantitative estimate of drug-likeness (QED) is 0.615. The number of amides is 1. The number of carbonyl (C=O) groups excluding carboxylic acids is 2. The maximum atomic E-state index is 12.6. The van der Waals surface area contributed by atoms with Gasteiger partial charge in [0.05, 0.1) is 11.1 Å². The molecule has 0 aliphatic heterocycles. The third-order valence-electron chi connectivity index (χ3n) is 4.31. The number of benzene rings is 1. The van der Waals surface area contributed by atoms with E-state index in [0.717, 1.165) is 47.8 Å². The van der Waals surface area contributed by atoms with Crippen molar-refractivity contribution in [1.29, 1.82) is 0 Å². The number of nitrogens with zero attached hydrogens (tertiary/aromatic N) is 1. The number of nitrogens with one attached hydrogen (secondary N) is 1. The molecule has 1 amide bonds. The molecule has 0 unspecified atom stereocenters. The summed E-state index contributed by atoms with van der Waals surface area (Å²) < 4.78 is 10.2. The van der Waals surface area contributed by atoms with E-state index in [1.54, 1.807) is 7.11 Å². The molecule has 0 spiro atoms. The lowest BCUT2D eigenvalue weighted by molar-refractivity contribution is -0.124. The predicted octanol–water partition coefficient (Wildman–Crippen LogP) is 2.03. The summed E-state index contributed by atoms with van der Waals surface area (Å²) in [6, 6.07) is 7.56. The molecule has 2 aromatic rings. The van der Waals surface area contributed by atoms with Crippen LogP contribution in [0.3, 0.4) is 0 Å². The van der Waals surface area contributed by atoms with Crippen molar-refractivity contribution in [2.24, 2.45) is 0 Å². The van der Waals surface area contributed by atoms with Gasteiger partial charge in [-0.15, -0.1) is 0 Å². The monoisotopic (exact) mass is 342 g/mol. The second-order valence-electron chi connectivity index (χ2n) is 6.06. The van der Waals surface area contributed by atoms with Crippen molar-refractivity contribution in [2.75, 3.05) is 26.9 Å². The zero-order valence-electron chi connectivity index (χ0n) is 14.3. The van der Waals surface area contributed by atoms with Crippen molar-refractivity contribution in [2.45, 2.75) is 25.7 Å². The van der Waals surface area contributed by atoms with Gasteiger partial charge < -0.3 is 14.8 Å². The Morgan fingerprint density at radius 3 is 2.92 bits per heavy atom. The molecule has 0 saturated carbocycles. The summed E-state index contributed by atoms with van der Waals surface area (Å²) in [5.74, 6) is -0.761. The number of ether oxygens (including phenoxy) is 2. The topological polar surface area (TPSA) is 77.5 Å². The maximum absolute atomic E-state index is 12.6. The van der Waals surface area contributed by atoms with E-state index in [2.05, 4.69) is 10.3 Å². The van der Waals surface area contributed by atoms with E-state index in [9.17, 15) is 9.59 Å². The Morgan fingerprint density at radius 1 is 1.24 bits per heavy atom. The van der Waals surface area contributed by atoms with Gasteiger partial charge in [-0.25, -0.2) is 4.79 Å². The van der Waals surface area contributed by atoms with Gasteiger partial charge in [0, 0.05) is 31.3 Å². The summed E-state index contributed by atoms with van der Waals surface area (Å²) in [7, 11) is 1.61. The number of hydrogen-bond donors (Lipinski definition) is 1. The van der Waals surface area contributed by atoms with E-state index in [1.165, 1.54) is 0 Å². The van der Waals surface area contributed by atoms with Crippen molar-refractivity contribution in [1.82, 2.24) is 10.3 Å². The summed E-state index contributed by atoms with van der Waals surface area (Å²) in [5, 5.41) is 3.49. The molecule has 132 valence electrons. The Kier molecular flexibility index (Phi) is 5.60. The van der Waals surface area contributed by atoms with Crippen LogP contribution in [-0.2, 0) is 27.1 Å². The Bertz CT molecular complexity index is 788. The fourth-order valence-corrected chi connectivity index (χ4v) is 3.14. The van der Waals surface area contributed by atoms with Gasteiger partial charge in [0.15, 0.2) is 6.61 Å². The van der Waals surface area contributed by atoms with Gasteiger partial charge in [-0.05, 0) is 37.3 Å². The van der Waals surface area contributed by atoms with E-state index in [1.807, 2.05) is 24.3 Å². The number of aryl methyl sites for hydroxylation is 1. The maximum Gasteiger partial charge on any atom is 0.339 e. The summed E-state index contributed by atoms with van der Waals surface area (Å²) in [6.07, 6.45) is 3.40. The number of carbonyl (C=O) groups is 2. The molecular formula is C19H22N2O4. The van der Waals surface area contributed by atoms with E-state index < -0.39 is 5.97 Å². The molecular weight excluding hydrogens is 320 g/mol. The lowest BCUT2D eigenvalue weighted by atomic mass is 10.0. The zero-order chi connectivity index (χ0) is 17.6. The minimum atomic E-state index is -0.455. The molecule has 1 N–H and O–H groups in total. The van der Waals surface area contributed by atoms with Crippen LogP contribution < -0.4 is 5.32 Å². The van der Waals surface area contributed by atoms with Crippen molar-refractivity contribution in [3.8, 4) is 0 Å². The number of methoxy groups -OCH3 is 1. The summed E-state index contributed by atoms with van der Waals surface area (Å²) in [5.41, 5.74) is 3.28. The lowest BCUT2D eigenvalue weighted by Gasteiger charge is -2.12. The number of hydrogen-bond acceptors (Lipinski definition) is 5. The molecule has 1 aromatic heterocycles. The van der Waals surface area contributed by atoms with E-state index in [-0.39, 0.29) is 12.5 Å². The Morgan fingerprint density at radius 2 is 2.08 bits per heavy atom. The second-order valence-corrected chi connectivity index (χ2v) is 6.06. The van der Waals surface area contributed by atoms with Gasteiger partial charge in [0.2, 0.25) is 0 Å². The fourth-order valence-electron chi connectivity index (χ4n) is 3.14. The first kappa shape index (κ1) is 17.4. The first-order chi connectivity index (χ1) is 12.2. The first-order valence-electron chi connectivity index (χ1n) is 8.54. The number of esters is 1. The van der Waals surface area contributed by atoms with Crippen LogP contribution in [0.1, 0.15) is 34.5 Å². The molecule has 1 aliphatic rings. The predicted molar refractivity (Wildman–Crippen MR) is 93.6 cm³/mol. The number of rotatable bonds is 7. The molecule has 1 aliphatic carbocycles. The van der Waals surface area contributed by atoms with Gasteiger partial charge in [0.25, 0.3) is 5.91 Å². The van der Waals surface area contributed by atoms with Crippen LogP contribution in [0.2, 0.25) is 0 Å².